The minimum Gasteiger partial charge on any atom is -0.351 e. The second kappa shape index (κ2) is 8.45. The van der Waals surface area contributed by atoms with Crippen molar-refractivity contribution in [1.82, 2.24) is 5.32 Å². The number of carbonyl (C=O) groups excluding carboxylic acids is 1. The minimum atomic E-state index is 0.196. The zero-order valence-corrected chi connectivity index (χ0v) is 15.5. The number of rotatable bonds is 6. The van der Waals surface area contributed by atoms with Crippen molar-refractivity contribution >= 4 is 16.7 Å². The maximum Gasteiger partial charge on any atom is 0.275 e. The van der Waals surface area contributed by atoms with Crippen LogP contribution in [0.2, 0.25) is 0 Å². The first-order valence-electron chi connectivity index (χ1n) is 9.52. The molecule has 0 atom stereocenters. The van der Waals surface area contributed by atoms with Crippen LogP contribution in [0, 0.1) is 5.92 Å². The fraction of sp³-hybridized carbons (Fsp3) is 0.476. The van der Waals surface area contributed by atoms with E-state index in [-0.39, 0.29) is 5.91 Å². The molecule has 1 amide bonds. The number of piperazine rings is 1. The molecular weight excluding hydrogens is 310 g/mol. The highest BCUT2D eigenvalue weighted by Crippen LogP contribution is 2.17. The summed E-state index contributed by atoms with van der Waals surface area (Å²) in [4.78, 5) is 15.0. The molecule has 4 heteroatoms. The lowest BCUT2D eigenvalue weighted by molar-refractivity contribution is -1.02. The van der Waals surface area contributed by atoms with Gasteiger partial charge in [0.2, 0.25) is 0 Å². The Hall–Kier alpha value is -1.91. The van der Waals surface area contributed by atoms with Gasteiger partial charge in [0.25, 0.3) is 5.91 Å². The monoisotopic (exact) mass is 341 g/mol. The smallest absolute Gasteiger partial charge is 0.275 e. The van der Waals surface area contributed by atoms with Crippen molar-refractivity contribution in [3.05, 3.63) is 48.0 Å². The third kappa shape index (κ3) is 5.03. The van der Waals surface area contributed by atoms with Gasteiger partial charge in [0.05, 0.1) is 0 Å². The van der Waals surface area contributed by atoms with E-state index in [1.54, 1.807) is 4.90 Å². The standard InChI is InChI=1S/C21H29N3O/c1-17(2)14-22-21(25)16-24-12-10-23(11-13-24)15-19-8-5-7-18-6-3-4-9-20(18)19/h3-9,17H,10-16H2,1-2H3,(H,22,25)/p+2. The Morgan fingerprint density at radius 2 is 1.68 bits per heavy atom. The average Bonchev–Trinajstić information content (AvgIpc) is 2.62. The molecule has 0 bridgehead atoms. The molecular formula is C21H31N3O+2. The average molecular weight is 341 g/mol. The van der Waals surface area contributed by atoms with Crippen molar-refractivity contribution in [3.63, 3.8) is 0 Å². The quantitative estimate of drug-likeness (QED) is 0.674. The number of carbonyl (C=O) groups is 1. The first-order valence-corrected chi connectivity index (χ1v) is 9.52. The topological polar surface area (TPSA) is 38.0 Å². The van der Waals surface area contributed by atoms with Gasteiger partial charge in [0.1, 0.15) is 32.7 Å². The third-order valence-electron chi connectivity index (χ3n) is 5.10. The van der Waals surface area contributed by atoms with Crippen LogP contribution in [0.1, 0.15) is 19.4 Å². The van der Waals surface area contributed by atoms with E-state index < -0.39 is 0 Å². The van der Waals surface area contributed by atoms with Crippen LogP contribution in [0.3, 0.4) is 0 Å². The highest BCUT2D eigenvalue weighted by molar-refractivity contribution is 5.85. The van der Waals surface area contributed by atoms with Crippen LogP contribution in [0.4, 0.5) is 0 Å². The molecule has 2 aromatic carbocycles. The molecule has 1 heterocycles. The van der Waals surface area contributed by atoms with E-state index in [0.717, 1.165) is 39.3 Å². The maximum absolute atomic E-state index is 12.0. The first-order chi connectivity index (χ1) is 12.1. The normalized spacial score (nSPS) is 20.8. The van der Waals surface area contributed by atoms with Crippen molar-refractivity contribution in [2.24, 2.45) is 5.92 Å². The highest BCUT2D eigenvalue weighted by Gasteiger charge is 2.25. The van der Waals surface area contributed by atoms with Gasteiger partial charge in [-0.25, -0.2) is 0 Å². The highest BCUT2D eigenvalue weighted by atomic mass is 16.2. The summed E-state index contributed by atoms with van der Waals surface area (Å²) in [5.74, 6) is 0.710. The van der Waals surface area contributed by atoms with Crippen molar-refractivity contribution in [3.8, 4) is 0 Å². The summed E-state index contributed by atoms with van der Waals surface area (Å²) < 4.78 is 0. The van der Waals surface area contributed by atoms with Crippen molar-refractivity contribution in [2.45, 2.75) is 20.4 Å². The van der Waals surface area contributed by atoms with Gasteiger partial charge in [-0.2, -0.15) is 0 Å². The van der Waals surface area contributed by atoms with Crippen LogP contribution in [0.15, 0.2) is 42.5 Å². The third-order valence-corrected chi connectivity index (χ3v) is 5.10. The fourth-order valence-electron chi connectivity index (χ4n) is 3.63. The summed E-state index contributed by atoms with van der Waals surface area (Å²) in [6, 6.07) is 15.2. The summed E-state index contributed by atoms with van der Waals surface area (Å²) in [6.07, 6.45) is 0. The number of nitrogens with one attached hydrogen (secondary N) is 3. The van der Waals surface area contributed by atoms with Gasteiger partial charge < -0.3 is 15.1 Å². The van der Waals surface area contributed by atoms with Crippen molar-refractivity contribution < 1.29 is 14.6 Å². The summed E-state index contributed by atoms with van der Waals surface area (Å²) >= 11 is 0. The van der Waals surface area contributed by atoms with Crippen LogP contribution in [-0.4, -0.2) is 45.2 Å². The molecule has 1 aliphatic heterocycles. The lowest BCUT2D eigenvalue weighted by Crippen LogP contribution is -3.28. The summed E-state index contributed by atoms with van der Waals surface area (Å²) in [6.45, 7) is 11.2. The molecule has 4 nitrogen and oxygen atoms in total. The van der Waals surface area contributed by atoms with E-state index in [2.05, 4.69) is 61.6 Å². The van der Waals surface area contributed by atoms with Gasteiger partial charge in [0, 0.05) is 12.1 Å². The summed E-state index contributed by atoms with van der Waals surface area (Å²) in [7, 11) is 0. The van der Waals surface area contributed by atoms with Crippen LogP contribution in [-0.2, 0) is 11.3 Å². The van der Waals surface area contributed by atoms with Gasteiger partial charge in [-0.15, -0.1) is 0 Å². The molecule has 1 saturated heterocycles. The largest absolute Gasteiger partial charge is 0.351 e. The zero-order chi connectivity index (χ0) is 17.6. The number of hydrogen-bond donors (Lipinski definition) is 3. The van der Waals surface area contributed by atoms with Crippen LogP contribution >= 0.6 is 0 Å². The molecule has 1 aliphatic rings. The molecule has 0 aliphatic carbocycles. The molecule has 134 valence electrons. The van der Waals surface area contributed by atoms with Gasteiger partial charge in [-0.05, 0) is 16.7 Å². The molecule has 3 rings (SSSR count). The molecule has 0 aromatic heterocycles. The second-order valence-electron chi connectivity index (χ2n) is 7.69. The number of hydrogen-bond acceptors (Lipinski definition) is 1. The van der Waals surface area contributed by atoms with Crippen LogP contribution in [0.25, 0.3) is 10.8 Å². The zero-order valence-electron chi connectivity index (χ0n) is 15.5. The lowest BCUT2D eigenvalue weighted by atomic mass is 10.0. The first kappa shape index (κ1) is 17.9. The van der Waals surface area contributed by atoms with Crippen LogP contribution < -0.4 is 15.1 Å². The van der Waals surface area contributed by atoms with E-state index >= 15 is 0 Å². The van der Waals surface area contributed by atoms with Crippen LogP contribution in [0.5, 0.6) is 0 Å². The van der Waals surface area contributed by atoms with Crippen molar-refractivity contribution in [2.75, 3.05) is 39.3 Å². The Labute approximate surface area is 150 Å². The van der Waals surface area contributed by atoms with Gasteiger partial charge in [0.15, 0.2) is 6.54 Å². The number of quaternary nitrogens is 2. The molecule has 25 heavy (non-hydrogen) atoms. The van der Waals surface area contributed by atoms with E-state index in [4.69, 9.17) is 0 Å². The predicted octanol–water partition coefficient (Wildman–Crippen LogP) is -0.105. The number of benzene rings is 2. The molecule has 2 aromatic rings. The molecule has 0 unspecified atom stereocenters. The van der Waals surface area contributed by atoms with E-state index in [0.29, 0.717) is 12.5 Å². The predicted molar refractivity (Wildman–Crippen MR) is 102 cm³/mol. The van der Waals surface area contributed by atoms with Crippen molar-refractivity contribution in [1.29, 1.82) is 0 Å². The molecule has 0 spiro atoms. The number of amides is 1. The Morgan fingerprint density at radius 3 is 2.44 bits per heavy atom. The Balaban J connectivity index is 1.50. The molecule has 3 N–H and O–H groups in total. The molecule has 1 fully saturated rings. The maximum atomic E-state index is 12.0. The van der Waals surface area contributed by atoms with Gasteiger partial charge in [-0.1, -0.05) is 56.3 Å². The molecule has 0 radical (unpaired) electrons. The summed E-state index contributed by atoms with van der Waals surface area (Å²) in [5, 5.41) is 5.73. The minimum absolute atomic E-state index is 0.196. The van der Waals surface area contributed by atoms with E-state index in [1.165, 1.54) is 21.2 Å². The van der Waals surface area contributed by atoms with Gasteiger partial charge >= 0.3 is 0 Å². The Morgan fingerprint density at radius 1 is 1.00 bits per heavy atom. The van der Waals surface area contributed by atoms with E-state index in [9.17, 15) is 4.79 Å². The molecule has 0 saturated carbocycles. The lowest BCUT2D eigenvalue weighted by Gasteiger charge is -2.29. The SMILES string of the molecule is CC(C)CNC(=O)C[NH+]1CC[NH+](Cc2cccc3ccccc23)CC1. The number of fused-ring (bicyclic) bond motifs is 1. The Bertz CT molecular complexity index is 700. The Kier molecular flexibility index (Phi) is 6.05. The van der Waals surface area contributed by atoms with Gasteiger partial charge in [-0.3, -0.25) is 4.79 Å². The van der Waals surface area contributed by atoms with E-state index in [1.807, 2.05) is 0 Å². The fourth-order valence-corrected chi connectivity index (χ4v) is 3.63. The second-order valence-corrected chi connectivity index (χ2v) is 7.69. The summed E-state index contributed by atoms with van der Waals surface area (Å²) in [5.41, 5.74) is 1.44.